The number of rotatable bonds is 14. The first kappa shape index (κ1) is 30.8. The van der Waals surface area contributed by atoms with Crippen LogP contribution in [0.2, 0.25) is 5.28 Å². The van der Waals surface area contributed by atoms with Crippen molar-refractivity contribution in [1.29, 1.82) is 0 Å². The molecule has 0 amide bonds. The molecule has 5 rings (SSSR count). The van der Waals surface area contributed by atoms with E-state index in [9.17, 15) is 19.0 Å². The molecule has 2 aromatic carbocycles. The second kappa shape index (κ2) is 13.3. The first-order chi connectivity index (χ1) is 20.7. The van der Waals surface area contributed by atoms with Gasteiger partial charge in [0.1, 0.15) is 30.0 Å². The second-order valence-electron chi connectivity index (χ2n) is 9.93. The summed E-state index contributed by atoms with van der Waals surface area (Å²) in [6.07, 6.45) is -1.03. The largest absolute Gasteiger partial charge is 0.460 e. The number of nitrogen functional groups attached to an aromatic ring is 1. The van der Waals surface area contributed by atoms with Crippen LogP contribution in [0.15, 0.2) is 67.0 Å². The lowest BCUT2D eigenvalue weighted by Gasteiger charge is -2.25. The van der Waals surface area contributed by atoms with Crippen molar-refractivity contribution < 1.29 is 37.7 Å². The maximum Gasteiger partial charge on any atom is 0.459 e. The number of halogens is 2. The van der Waals surface area contributed by atoms with Crippen LogP contribution in [0.5, 0.6) is 5.75 Å². The number of nitrogens with one attached hydrogen (secondary N) is 1. The Labute approximate surface area is 250 Å². The van der Waals surface area contributed by atoms with E-state index in [0.29, 0.717) is 17.6 Å². The number of esters is 1. The number of imidazole rings is 1. The van der Waals surface area contributed by atoms with E-state index in [1.54, 1.807) is 47.0 Å². The van der Waals surface area contributed by atoms with Crippen LogP contribution in [0, 0.1) is 5.92 Å². The maximum absolute atomic E-state index is 13.8. The van der Waals surface area contributed by atoms with Gasteiger partial charge in [-0.25, -0.2) is 9.55 Å². The Kier molecular flexibility index (Phi) is 9.55. The van der Waals surface area contributed by atoms with E-state index in [1.807, 2.05) is 6.07 Å². The van der Waals surface area contributed by atoms with Crippen LogP contribution >= 0.6 is 19.3 Å². The van der Waals surface area contributed by atoms with E-state index < -0.39 is 44.5 Å². The number of nitrogens with zero attached hydrogens (tertiary/aromatic N) is 4. The predicted molar refractivity (Wildman–Crippen MR) is 153 cm³/mol. The van der Waals surface area contributed by atoms with Gasteiger partial charge in [-0.1, -0.05) is 48.5 Å². The monoisotopic (exact) mass is 634 g/mol. The van der Waals surface area contributed by atoms with Gasteiger partial charge in [-0.2, -0.15) is 20.0 Å². The number of hydrogen-bond acceptors (Lipinski definition) is 11. The van der Waals surface area contributed by atoms with Gasteiger partial charge in [0.05, 0.1) is 19.0 Å². The number of carbonyl (C=O) groups excluding carboxylic acids is 1. The van der Waals surface area contributed by atoms with Crippen molar-refractivity contribution in [1.82, 2.24) is 24.6 Å². The molecule has 16 heteroatoms. The van der Waals surface area contributed by atoms with Crippen LogP contribution in [0.3, 0.4) is 0 Å². The van der Waals surface area contributed by atoms with Crippen molar-refractivity contribution in [2.45, 2.75) is 44.2 Å². The number of hydrogen-bond donors (Lipinski definition) is 3. The Hall–Kier alpha value is -3.65. The molecule has 228 valence electrons. The molecule has 4 aromatic rings. The zero-order chi connectivity index (χ0) is 30.6. The number of aliphatic hydroxyl groups excluding tert-OH is 1. The Balaban J connectivity index is 1.24. The highest BCUT2D eigenvalue weighted by Gasteiger charge is 2.49. The van der Waals surface area contributed by atoms with Crippen LogP contribution in [0.25, 0.3) is 11.2 Å². The molecule has 0 aliphatic heterocycles. The van der Waals surface area contributed by atoms with E-state index in [1.165, 1.54) is 25.4 Å². The molecule has 4 N–H and O–H groups in total. The Morgan fingerprint density at radius 2 is 1.91 bits per heavy atom. The minimum absolute atomic E-state index is 0.0000610. The first-order valence-electron chi connectivity index (χ1n) is 13.3. The van der Waals surface area contributed by atoms with Gasteiger partial charge in [-0.3, -0.25) is 9.32 Å². The summed E-state index contributed by atoms with van der Waals surface area (Å²) in [6, 6.07) is 15.6. The Bertz CT molecular complexity index is 1600. The van der Waals surface area contributed by atoms with Crippen LogP contribution in [0.1, 0.15) is 24.9 Å². The fourth-order valence-corrected chi connectivity index (χ4v) is 6.19. The van der Waals surface area contributed by atoms with Gasteiger partial charge in [0.2, 0.25) is 5.28 Å². The lowest BCUT2D eigenvalue weighted by Crippen LogP contribution is -2.38. The summed E-state index contributed by atoms with van der Waals surface area (Å²) in [5, 5.41) is 13.4. The molecule has 43 heavy (non-hydrogen) atoms. The zero-order valence-corrected chi connectivity index (χ0v) is 24.5. The van der Waals surface area contributed by atoms with Crippen LogP contribution in [-0.4, -0.2) is 55.5 Å². The van der Waals surface area contributed by atoms with Gasteiger partial charge in [-0.15, -0.1) is 0 Å². The molecule has 2 aromatic heterocycles. The van der Waals surface area contributed by atoms with Gasteiger partial charge in [0, 0.05) is 12.0 Å². The van der Waals surface area contributed by atoms with E-state index in [2.05, 4.69) is 25.0 Å². The van der Waals surface area contributed by atoms with E-state index in [4.69, 9.17) is 31.1 Å². The highest BCUT2D eigenvalue weighted by molar-refractivity contribution is 7.52. The summed E-state index contributed by atoms with van der Waals surface area (Å²) in [5.74, 6) is -0.952. The number of nitrogens with two attached hydrogens (primary N) is 1. The molecule has 1 saturated carbocycles. The number of para-hydroxylation sites is 1. The molecular formula is C27H29ClFN6O7P. The molecule has 5 unspecified atom stereocenters. The molecule has 2 heterocycles. The van der Waals surface area contributed by atoms with Crippen molar-refractivity contribution in [2.24, 2.45) is 5.92 Å². The molecule has 0 radical (unpaired) electrons. The minimum Gasteiger partial charge on any atom is -0.460 e. The highest BCUT2D eigenvalue weighted by Crippen LogP contribution is 2.49. The molecule has 0 saturated heterocycles. The lowest BCUT2D eigenvalue weighted by atomic mass is 10.1. The highest BCUT2D eigenvalue weighted by atomic mass is 35.5. The lowest BCUT2D eigenvalue weighted by molar-refractivity contribution is -0.220. The van der Waals surface area contributed by atoms with E-state index in [0.717, 1.165) is 5.56 Å². The van der Waals surface area contributed by atoms with Gasteiger partial charge >= 0.3 is 13.7 Å². The number of carbonyl (C=O) groups is 1. The summed E-state index contributed by atoms with van der Waals surface area (Å²) in [4.78, 5) is 28.9. The number of benzene rings is 2. The summed E-state index contributed by atoms with van der Waals surface area (Å²) in [7, 11) is -4.34. The molecular weight excluding hydrogens is 606 g/mol. The summed E-state index contributed by atoms with van der Waals surface area (Å²) < 4.78 is 45.6. The van der Waals surface area contributed by atoms with Gasteiger partial charge in [0.15, 0.2) is 11.5 Å². The maximum atomic E-state index is 13.8. The molecule has 1 aliphatic carbocycles. The third kappa shape index (κ3) is 7.47. The molecule has 6 atom stereocenters. The van der Waals surface area contributed by atoms with Crippen molar-refractivity contribution in [3.63, 3.8) is 0 Å². The summed E-state index contributed by atoms with van der Waals surface area (Å²) in [6.45, 7) is 0.734. The third-order valence-corrected chi connectivity index (χ3v) is 8.64. The van der Waals surface area contributed by atoms with Crippen molar-refractivity contribution in [3.8, 4) is 5.75 Å². The average molecular weight is 635 g/mol. The number of aromatic nitrogens is 4. The third-order valence-electron chi connectivity index (χ3n) is 6.82. The normalized spacial score (nSPS) is 19.7. The quantitative estimate of drug-likeness (QED) is 0.103. The number of aliphatic hydroxyl groups is 1. The fraction of sp³-hybridized carbons (Fsp3) is 0.333. The molecule has 1 fully saturated rings. The van der Waals surface area contributed by atoms with Crippen molar-refractivity contribution in [2.75, 3.05) is 12.3 Å². The SMILES string of the molecule is C[C@H](NP(=O)(OCC(OF)C(O)C1CC1n1cnc2c(N)nc(Cl)nc21)Oc1ccccc1)C(=O)OCc1ccccc1. The molecule has 1 aliphatic rings. The van der Waals surface area contributed by atoms with Crippen LogP contribution in [-0.2, 0) is 30.2 Å². The predicted octanol–water partition coefficient (Wildman–Crippen LogP) is 4.18. The average Bonchev–Trinajstić information content (AvgIpc) is 3.68. The number of anilines is 1. The molecule has 0 bridgehead atoms. The van der Waals surface area contributed by atoms with Gasteiger partial charge in [-0.05, 0) is 47.2 Å². The van der Waals surface area contributed by atoms with Crippen LogP contribution < -0.4 is 15.3 Å². The zero-order valence-electron chi connectivity index (χ0n) is 22.8. The minimum atomic E-state index is -4.34. The summed E-state index contributed by atoms with van der Waals surface area (Å²) in [5.41, 5.74) is 7.34. The van der Waals surface area contributed by atoms with Crippen LogP contribution in [0.4, 0.5) is 10.3 Å². The number of fused-ring (bicyclic) bond motifs is 1. The smallest absolute Gasteiger partial charge is 0.459 e. The Morgan fingerprint density at radius 3 is 2.60 bits per heavy atom. The van der Waals surface area contributed by atoms with Crippen molar-refractivity contribution in [3.05, 3.63) is 77.8 Å². The fourth-order valence-electron chi connectivity index (χ4n) is 4.52. The van der Waals surface area contributed by atoms with Gasteiger partial charge in [0.25, 0.3) is 0 Å². The van der Waals surface area contributed by atoms with E-state index in [-0.39, 0.29) is 29.5 Å². The molecule has 13 nitrogen and oxygen atoms in total. The first-order valence-corrected chi connectivity index (χ1v) is 15.2. The Morgan fingerprint density at radius 1 is 1.21 bits per heavy atom. The van der Waals surface area contributed by atoms with Gasteiger partial charge < -0.3 is 24.7 Å². The topological polar surface area (TPSA) is 173 Å². The van der Waals surface area contributed by atoms with Crippen molar-refractivity contribution >= 4 is 42.3 Å². The number of ether oxygens (including phenoxy) is 1. The second-order valence-corrected chi connectivity index (χ2v) is 12.0. The molecule has 0 spiro atoms. The standard InChI is InChI=1S/C27H29ClFN6O7P/c1-16(26(37)39-13-17-8-4-2-5-9-17)34-43(38,42-18-10-6-3-7-11-18)40-14-21(41-29)23(36)19-12-20(19)35-15-31-22-24(30)32-27(28)33-25(22)35/h2-11,15-16,19-21,23,36H,12-14H2,1H3,(H,34,38)(H2,30,32,33)/t16-,19?,20?,21?,23?,43?/m0/s1. The van der Waals surface area contributed by atoms with E-state index >= 15 is 0 Å². The summed E-state index contributed by atoms with van der Waals surface area (Å²) >= 11 is 5.94.